The normalized spacial score (nSPS) is 10.7. The standard InChI is InChI=1S/C18H18N2O2S/c1-22-13-6-7-16-15(10-13)12(11-20-16)8-9-19-18(21)14-4-2-3-5-17(14)23/h2-7,10-11,20,23H,8-9H2,1H3,(H,19,21). The highest BCUT2D eigenvalue weighted by atomic mass is 32.1. The summed E-state index contributed by atoms with van der Waals surface area (Å²) >= 11 is 4.31. The number of hydrogen-bond acceptors (Lipinski definition) is 3. The zero-order chi connectivity index (χ0) is 16.2. The lowest BCUT2D eigenvalue weighted by atomic mass is 10.1. The monoisotopic (exact) mass is 326 g/mol. The third-order valence-electron chi connectivity index (χ3n) is 3.80. The van der Waals surface area contributed by atoms with Crippen LogP contribution in [-0.2, 0) is 6.42 Å². The molecule has 3 aromatic rings. The first kappa shape index (κ1) is 15.5. The molecule has 0 aliphatic heterocycles. The van der Waals surface area contributed by atoms with Gasteiger partial charge in [0.2, 0.25) is 0 Å². The number of nitrogens with one attached hydrogen (secondary N) is 2. The molecule has 1 amide bonds. The van der Waals surface area contributed by atoms with Crippen molar-refractivity contribution in [3.05, 3.63) is 59.8 Å². The van der Waals surface area contributed by atoms with Gasteiger partial charge in [-0.05, 0) is 42.3 Å². The number of amides is 1. The van der Waals surface area contributed by atoms with Crippen LogP contribution in [0.15, 0.2) is 53.6 Å². The van der Waals surface area contributed by atoms with Gasteiger partial charge >= 0.3 is 0 Å². The Labute approximate surface area is 140 Å². The Balaban J connectivity index is 1.67. The van der Waals surface area contributed by atoms with Gasteiger partial charge in [0.15, 0.2) is 0 Å². The van der Waals surface area contributed by atoms with Gasteiger partial charge in [-0.15, -0.1) is 12.6 Å². The van der Waals surface area contributed by atoms with Gasteiger partial charge in [-0.1, -0.05) is 12.1 Å². The summed E-state index contributed by atoms with van der Waals surface area (Å²) in [5.41, 5.74) is 2.81. The van der Waals surface area contributed by atoms with E-state index in [9.17, 15) is 4.79 Å². The molecule has 0 radical (unpaired) electrons. The molecule has 23 heavy (non-hydrogen) atoms. The number of aromatic amines is 1. The van der Waals surface area contributed by atoms with Crippen LogP contribution in [0.3, 0.4) is 0 Å². The van der Waals surface area contributed by atoms with Crippen molar-refractivity contribution in [3.63, 3.8) is 0 Å². The zero-order valence-electron chi connectivity index (χ0n) is 12.8. The smallest absolute Gasteiger partial charge is 0.252 e. The van der Waals surface area contributed by atoms with Crippen LogP contribution in [0.25, 0.3) is 10.9 Å². The number of rotatable bonds is 5. The fraction of sp³-hybridized carbons (Fsp3) is 0.167. The second-order valence-electron chi connectivity index (χ2n) is 5.25. The molecule has 0 spiro atoms. The average molecular weight is 326 g/mol. The van der Waals surface area contributed by atoms with E-state index in [-0.39, 0.29) is 5.91 Å². The number of hydrogen-bond donors (Lipinski definition) is 3. The molecule has 0 aliphatic carbocycles. The van der Waals surface area contributed by atoms with Crippen LogP contribution in [0.5, 0.6) is 5.75 Å². The summed E-state index contributed by atoms with van der Waals surface area (Å²) in [6, 6.07) is 13.2. The fourth-order valence-corrected chi connectivity index (χ4v) is 2.83. The Hall–Kier alpha value is -2.40. The van der Waals surface area contributed by atoms with Gasteiger partial charge in [0.25, 0.3) is 5.91 Å². The van der Waals surface area contributed by atoms with E-state index in [1.807, 2.05) is 42.6 Å². The minimum absolute atomic E-state index is 0.104. The number of aromatic nitrogens is 1. The van der Waals surface area contributed by atoms with Crippen molar-refractivity contribution in [1.29, 1.82) is 0 Å². The lowest BCUT2D eigenvalue weighted by molar-refractivity contribution is 0.0951. The topological polar surface area (TPSA) is 54.1 Å². The molecule has 0 aliphatic rings. The highest BCUT2D eigenvalue weighted by Gasteiger charge is 2.09. The summed E-state index contributed by atoms with van der Waals surface area (Å²) in [5.74, 6) is 0.722. The summed E-state index contributed by atoms with van der Waals surface area (Å²) in [7, 11) is 1.66. The second kappa shape index (κ2) is 6.79. The molecule has 2 aromatic carbocycles. The number of fused-ring (bicyclic) bond motifs is 1. The third-order valence-corrected chi connectivity index (χ3v) is 4.19. The van der Waals surface area contributed by atoms with Crippen molar-refractivity contribution < 1.29 is 9.53 Å². The Morgan fingerprint density at radius 1 is 1.26 bits per heavy atom. The largest absolute Gasteiger partial charge is 0.497 e. The van der Waals surface area contributed by atoms with E-state index in [1.54, 1.807) is 13.2 Å². The van der Waals surface area contributed by atoms with Crippen molar-refractivity contribution >= 4 is 29.4 Å². The molecule has 1 aromatic heterocycles. The number of thiol groups is 1. The minimum Gasteiger partial charge on any atom is -0.497 e. The minimum atomic E-state index is -0.104. The van der Waals surface area contributed by atoms with Crippen molar-refractivity contribution in [3.8, 4) is 5.75 Å². The van der Waals surface area contributed by atoms with E-state index in [0.717, 1.165) is 28.6 Å². The van der Waals surface area contributed by atoms with Gasteiger partial charge in [-0.25, -0.2) is 0 Å². The van der Waals surface area contributed by atoms with Crippen LogP contribution in [0, 0.1) is 0 Å². The lowest BCUT2D eigenvalue weighted by Crippen LogP contribution is -2.26. The molecule has 0 saturated heterocycles. The van der Waals surface area contributed by atoms with E-state index < -0.39 is 0 Å². The van der Waals surface area contributed by atoms with Crippen LogP contribution in [-0.4, -0.2) is 24.5 Å². The van der Waals surface area contributed by atoms with Gasteiger partial charge in [-0.2, -0.15) is 0 Å². The van der Waals surface area contributed by atoms with Crippen LogP contribution in [0.1, 0.15) is 15.9 Å². The summed E-state index contributed by atoms with van der Waals surface area (Å²) < 4.78 is 5.27. The number of carbonyl (C=O) groups is 1. The summed E-state index contributed by atoms with van der Waals surface area (Å²) in [4.78, 5) is 16.1. The number of H-pyrrole nitrogens is 1. The van der Waals surface area contributed by atoms with Crippen LogP contribution < -0.4 is 10.1 Å². The van der Waals surface area contributed by atoms with Gasteiger partial charge in [0.1, 0.15) is 5.75 Å². The Kier molecular flexibility index (Phi) is 4.57. The molecule has 4 nitrogen and oxygen atoms in total. The maximum Gasteiger partial charge on any atom is 0.252 e. The molecule has 1 heterocycles. The van der Waals surface area contributed by atoms with Gasteiger partial charge in [0, 0.05) is 28.5 Å². The van der Waals surface area contributed by atoms with E-state index in [1.165, 1.54) is 0 Å². The molecule has 0 atom stereocenters. The van der Waals surface area contributed by atoms with Crippen LogP contribution in [0.4, 0.5) is 0 Å². The first-order valence-electron chi connectivity index (χ1n) is 7.39. The van der Waals surface area contributed by atoms with Crippen LogP contribution in [0.2, 0.25) is 0 Å². The van der Waals surface area contributed by atoms with Gasteiger partial charge in [0.05, 0.1) is 12.7 Å². The predicted molar refractivity (Wildman–Crippen MR) is 94.6 cm³/mol. The van der Waals surface area contributed by atoms with Crippen molar-refractivity contribution in [2.24, 2.45) is 0 Å². The molecular weight excluding hydrogens is 308 g/mol. The molecule has 5 heteroatoms. The first-order valence-corrected chi connectivity index (χ1v) is 7.84. The lowest BCUT2D eigenvalue weighted by Gasteiger charge is -2.07. The summed E-state index contributed by atoms with van der Waals surface area (Å²) in [6.45, 7) is 0.561. The van der Waals surface area contributed by atoms with E-state index in [2.05, 4.69) is 22.9 Å². The molecule has 2 N–H and O–H groups in total. The molecule has 118 valence electrons. The van der Waals surface area contributed by atoms with E-state index >= 15 is 0 Å². The highest BCUT2D eigenvalue weighted by molar-refractivity contribution is 7.80. The number of carbonyl (C=O) groups excluding carboxylic acids is 1. The Bertz CT molecular complexity index is 842. The number of benzene rings is 2. The van der Waals surface area contributed by atoms with E-state index in [0.29, 0.717) is 17.0 Å². The second-order valence-corrected chi connectivity index (χ2v) is 5.73. The van der Waals surface area contributed by atoms with E-state index in [4.69, 9.17) is 4.74 Å². The van der Waals surface area contributed by atoms with Crippen molar-refractivity contribution in [2.75, 3.05) is 13.7 Å². The molecule has 0 bridgehead atoms. The quantitative estimate of drug-likeness (QED) is 0.629. The Morgan fingerprint density at radius 3 is 2.87 bits per heavy atom. The predicted octanol–water partition coefficient (Wildman–Crippen LogP) is 3.44. The fourth-order valence-electron chi connectivity index (χ4n) is 2.56. The zero-order valence-corrected chi connectivity index (χ0v) is 13.7. The molecule has 3 rings (SSSR count). The third kappa shape index (κ3) is 3.35. The molecule has 0 saturated carbocycles. The molecular formula is C18H18N2O2S. The van der Waals surface area contributed by atoms with Crippen LogP contribution >= 0.6 is 12.6 Å². The molecule has 0 fully saturated rings. The average Bonchev–Trinajstić information content (AvgIpc) is 2.97. The number of ether oxygens (including phenoxy) is 1. The van der Waals surface area contributed by atoms with Crippen molar-refractivity contribution in [1.82, 2.24) is 10.3 Å². The number of methoxy groups -OCH3 is 1. The maximum atomic E-state index is 12.2. The van der Waals surface area contributed by atoms with Crippen molar-refractivity contribution in [2.45, 2.75) is 11.3 Å². The van der Waals surface area contributed by atoms with Gasteiger partial charge in [-0.3, -0.25) is 4.79 Å². The molecule has 0 unspecified atom stereocenters. The van der Waals surface area contributed by atoms with Gasteiger partial charge < -0.3 is 15.0 Å². The summed E-state index contributed by atoms with van der Waals surface area (Å²) in [5, 5.41) is 4.06. The summed E-state index contributed by atoms with van der Waals surface area (Å²) in [6.07, 6.45) is 2.72. The Morgan fingerprint density at radius 2 is 2.09 bits per heavy atom. The SMILES string of the molecule is COc1ccc2[nH]cc(CCNC(=O)c3ccccc3S)c2c1. The highest BCUT2D eigenvalue weighted by Crippen LogP contribution is 2.23. The maximum absolute atomic E-state index is 12.2. The first-order chi connectivity index (χ1) is 11.2.